The highest BCUT2D eigenvalue weighted by molar-refractivity contribution is 5.82. The molecule has 0 aromatic rings. The Bertz CT molecular complexity index is 623. The second-order valence-electron chi connectivity index (χ2n) is 7.23. The highest BCUT2D eigenvalue weighted by atomic mass is 19.3. The van der Waals surface area contributed by atoms with E-state index in [0.29, 0.717) is 12.3 Å². The number of allylic oxidation sites excluding steroid dienone is 6. The Morgan fingerprint density at radius 1 is 1.33 bits per heavy atom. The van der Waals surface area contributed by atoms with Gasteiger partial charge in [0.25, 0.3) is 5.92 Å². The number of hydrogen-bond acceptors (Lipinski definition) is 3. The average Bonchev–Trinajstić information content (AvgIpc) is 2.86. The molecule has 0 aromatic carbocycles. The number of nitrogens with zero attached hydrogens (tertiary/aromatic N) is 2. The molecule has 2 aliphatic heterocycles. The summed E-state index contributed by atoms with van der Waals surface area (Å²) in [6, 6.07) is 0. The highest BCUT2D eigenvalue weighted by Gasteiger charge is 2.29. The molecule has 2 aliphatic rings. The van der Waals surface area contributed by atoms with E-state index in [9.17, 15) is 13.6 Å². The molecule has 0 radical (unpaired) electrons. The lowest BCUT2D eigenvalue weighted by atomic mass is 9.94. The van der Waals surface area contributed by atoms with Crippen molar-refractivity contribution in [1.29, 1.82) is 0 Å². The van der Waals surface area contributed by atoms with Crippen molar-refractivity contribution in [1.82, 2.24) is 4.90 Å². The van der Waals surface area contributed by atoms with Gasteiger partial charge in [-0.1, -0.05) is 18.2 Å². The second-order valence-corrected chi connectivity index (χ2v) is 7.23. The van der Waals surface area contributed by atoms with Crippen LogP contribution in [0.15, 0.2) is 40.6 Å². The van der Waals surface area contributed by atoms with Crippen molar-refractivity contribution in [3.05, 3.63) is 35.6 Å². The molecule has 0 bridgehead atoms. The van der Waals surface area contributed by atoms with Gasteiger partial charge in [-0.2, -0.15) is 8.78 Å². The van der Waals surface area contributed by atoms with Crippen LogP contribution in [-0.4, -0.2) is 42.6 Å². The Morgan fingerprint density at radius 3 is 2.85 bits per heavy atom. The summed E-state index contributed by atoms with van der Waals surface area (Å²) in [5.74, 6) is -2.42. The summed E-state index contributed by atoms with van der Waals surface area (Å²) < 4.78 is 28.2. The van der Waals surface area contributed by atoms with Gasteiger partial charge in [-0.15, -0.1) is 0 Å². The van der Waals surface area contributed by atoms with E-state index in [1.165, 1.54) is 12.3 Å². The zero-order valence-corrected chi connectivity index (χ0v) is 16.2. The molecule has 0 spiro atoms. The first-order chi connectivity index (χ1) is 13.0. The molecule has 1 unspecified atom stereocenters. The SMILES string of the molecule is C/C=C/C(F)(F)C1=C\CC\C=C(CCC2CCCN(C(=O)CN)CC2)/N=C/1. The largest absolute Gasteiger partial charge is 0.342 e. The monoisotopic (exact) mass is 379 g/mol. The molecule has 2 heterocycles. The number of hydrogen-bond donors (Lipinski definition) is 1. The molecule has 0 saturated carbocycles. The van der Waals surface area contributed by atoms with Gasteiger partial charge in [-0.25, -0.2) is 0 Å². The normalized spacial score (nSPS) is 27.1. The third-order valence-electron chi connectivity index (χ3n) is 5.22. The van der Waals surface area contributed by atoms with E-state index in [1.54, 1.807) is 13.0 Å². The van der Waals surface area contributed by atoms with Crippen LogP contribution in [0.2, 0.25) is 0 Å². The van der Waals surface area contributed by atoms with E-state index in [-0.39, 0.29) is 18.0 Å². The van der Waals surface area contributed by atoms with Crippen LogP contribution in [0.25, 0.3) is 0 Å². The molecular weight excluding hydrogens is 348 g/mol. The standard InChI is InChI=1S/C21H31F2N3O/c1-2-12-21(22,23)18-7-3-4-8-19(25-16-18)10-9-17-6-5-13-26(14-11-17)20(27)15-24/h2,7-8,12,16-17H,3-6,9-11,13-15,24H2,1H3/b12-2+,18-7+,19-8-,25-16+. The topological polar surface area (TPSA) is 58.7 Å². The summed E-state index contributed by atoms with van der Waals surface area (Å²) in [5, 5.41) is 0. The average molecular weight is 379 g/mol. The van der Waals surface area contributed by atoms with E-state index >= 15 is 0 Å². The van der Waals surface area contributed by atoms with E-state index < -0.39 is 5.92 Å². The first-order valence-electron chi connectivity index (χ1n) is 9.89. The minimum absolute atomic E-state index is 0.0179. The van der Waals surface area contributed by atoms with Gasteiger partial charge >= 0.3 is 0 Å². The molecule has 0 aliphatic carbocycles. The van der Waals surface area contributed by atoms with Gasteiger partial charge in [-0.05, 0) is 63.9 Å². The number of alkyl halides is 2. The van der Waals surface area contributed by atoms with Crippen LogP contribution in [0.5, 0.6) is 0 Å². The molecule has 1 saturated heterocycles. The summed E-state index contributed by atoms with van der Waals surface area (Å²) in [7, 11) is 0. The number of amides is 1. The molecule has 4 nitrogen and oxygen atoms in total. The van der Waals surface area contributed by atoms with Crippen molar-refractivity contribution in [2.45, 2.75) is 57.8 Å². The molecule has 150 valence electrons. The van der Waals surface area contributed by atoms with E-state index in [0.717, 1.165) is 63.4 Å². The predicted octanol–water partition coefficient (Wildman–Crippen LogP) is 4.24. The maximum Gasteiger partial charge on any atom is 0.292 e. The van der Waals surface area contributed by atoms with E-state index in [1.807, 2.05) is 4.90 Å². The fraction of sp³-hybridized carbons (Fsp3) is 0.619. The first kappa shape index (κ1) is 21.5. The van der Waals surface area contributed by atoms with E-state index in [4.69, 9.17) is 5.73 Å². The summed E-state index contributed by atoms with van der Waals surface area (Å²) in [6.45, 7) is 3.20. The number of nitrogens with two attached hydrogens (primary N) is 1. The smallest absolute Gasteiger partial charge is 0.292 e. The zero-order chi connectivity index (χ0) is 19.7. The summed E-state index contributed by atoms with van der Waals surface area (Å²) in [5.41, 5.74) is 6.31. The fourth-order valence-electron chi connectivity index (χ4n) is 3.63. The van der Waals surface area contributed by atoms with Gasteiger partial charge in [-0.3, -0.25) is 9.79 Å². The molecule has 1 fully saturated rings. The van der Waals surface area contributed by atoms with Crippen LogP contribution in [0.3, 0.4) is 0 Å². The quantitative estimate of drug-likeness (QED) is 0.702. The predicted molar refractivity (Wildman–Crippen MR) is 106 cm³/mol. The number of likely N-dealkylation sites (tertiary alicyclic amines) is 1. The molecule has 2 rings (SSSR count). The molecule has 27 heavy (non-hydrogen) atoms. The molecule has 6 heteroatoms. The van der Waals surface area contributed by atoms with Crippen molar-refractivity contribution in [3.8, 4) is 0 Å². The molecule has 0 aromatic heterocycles. The molecule has 1 atom stereocenters. The Labute approximate surface area is 160 Å². The fourth-order valence-corrected chi connectivity index (χ4v) is 3.63. The maximum atomic E-state index is 14.1. The zero-order valence-electron chi connectivity index (χ0n) is 16.2. The lowest BCUT2D eigenvalue weighted by Crippen LogP contribution is -2.36. The van der Waals surface area contributed by atoms with Gasteiger partial charge in [0.05, 0.1) is 6.54 Å². The lowest BCUT2D eigenvalue weighted by Gasteiger charge is -2.19. The van der Waals surface area contributed by atoms with Crippen LogP contribution in [0.4, 0.5) is 8.78 Å². The maximum absolute atomic E-state index is 14.1. The van der Waals surface area contributed by atoms with Crippen LogP contribution in [0.1, 0.15) is 51.9 Å². The number of carbonyl (C=O) groups excluding carboxylic acids is 1. The van der Waals surface area contributed by atoms with Crippen LogP contribution in [0, 0.1) is 5.92 Å². The highest BCUT2D eigenvalue weighted by Crippen LogP contribution is 2.28. The Morgan fingerprint density at radius 2 is 2.11 bits per heavy atom. The summed E-state index contributed by atoms with van der Waals surface area (Å²) in [6.07, 6.45) is 13.3. The first-order valence-corrected chi connectivity index (χ1v) is 9.89. The van der Waals surface area contributed by atoms with Gasteiger partial charge in [0, 0.05) is 30.6 Å². The van der Waals surface area contributed by atoms with Crippen LogP contribution >= 0.6 is 0 Å². The number of rotatable bonds is 6. The minimum Gasteiger partial charge on any atom is -0.342 e. The molecular formula is C21H31F2N3O. The van der Waals surface area contributed by atoms with Gasteiger partial charge in [0.2, 0.25) is 5.91 Å². The minimum atomic E-state index is -2.97. The Balaban J connectivity index is 1.90. The Hall–Kier alpha value is -1.82. The number of aliphatic imine (C=N–C) groups is 1. The van der Waals surface area contributed by atoms with Gasteiger partial charge < -0.3 is 10.6 Å². The van der Waals surface area contributed by atoms with Crippen LogP contribution in [-0.2, 0) is 4.79 Å². The third kappa shape index (κ3) is 6.69. The van der Waals surface area contributed by atoms with Gasteiger partial charge in [0.15, 0.2) is 0 Å². The van der Waals surface area contributed by atoms with Crippen molar-refractivity contribution >= 4 is 12.1 Å². The number of carbonyl (C=O) groups is 1. The second kappa shape index (κ2) is 10.5. The number of halogens is 2. The van der Waals surface area contributed by atoms with Crippen molar-refractivity contribution < 1.29 is 13.6 Å². The summed E-state index contributed by atoms with van der Waals surface area (Å²) in [4.78, 5) is 18.0. The van der Waals surface area contributed by atoms with E-state index in [2.05, 4.69) is 11.1 Å². The Kier molecular flexibility index (Phi) is 8.35. The third-order valence-corrected chi connectivity index (χ3v) is 5.22. The molecule has 1 amide bonds. The summed E-state index contributed by atoms with van der Waals surface area (Å²) >= 11 is 0. The van der Waals surface area contributed by atoms with Crippen LogP contribution < -0.4 is 5.73 Å². The van der Waals surface area contributed by atoms with Crippen molar-refractivity contribution in [2.75, 3.05) is 19.6 Å². The van der Waals surface area contributed by atoms with Gasteiger partial charge in [0.1, 0.15) is 0 Å². The molecule has 2 N–H and O–H groups in total. The lowest BCUT2D eigenvalue weighted by molar-refractivity contribution is -0.129. The van der Waals surface area contributed by atoms with Crippen molar-refractivity contribution in [2.24, 2.45) is 16.6 Å². The van der Waals surface area contributed by atoms with Crippen molar-refractivity contribution in [3.63, 3.8) is 0 Å².